The Labute approximate surface area is 110 Å². The molecule has 1 aliphatic heterocycles. The average Bonchev–Trinajstić information content (AvgIpc) is 2.75. The van der Waals surface area contributed by atoms with Gasteiger partial charge >= 0.3 is 5.97 Å². The Balaban J connectivity index is 2.18. The zero-order valence-corrected chi connectivity index (χ0v) is 11.2. The summed E-state index contributed by atoms with van der Waals surface area (Å²) in [6, 6.07) is 0.0902. The SMILES string of the molecule is Cc1nscc1C(=O)N1CC(C(=O)O)CCC1C. The molecule has 0 radical (unpaired) electrons. The molecule has 1 N–H and O–H groups in total. The van der Waals surface area contributed by atoms with Crippen molar-refractivity contribution in [1.82, 2.24) is 9.27 Å². The van der Waals surface area contributed by atoms with Gasteiger partial charge in [0.15, 0.2) is 0 Å². The molecule has 0 bridgehead atoms. The van der Waals surface area contributed by atoms with E-state index < -0.39 is 11.9 Å². The van der Waals surface area contributed by atoms with Gasteiger partial charge in [-0.15, -0.1) is 0 Å². The lowest BCUT2D eigenvalue weighted by Gasteiger charge is -2.36. The lowest BCUT2D eigenvalue weighted by atomic mass is 9.93. The van der Waals surface area contributed by atoms with Crippen LogP contribution in [-0.4, -0.2) is 38.8 Å². The van der Waals surface area contributed by atoms with E-state index in [1.165, 1.54) is 11.5 Å². The number of hydrogen-bond donors (Lipinski definition) is 1. The molecule has 0 aromatic carbocycles. The van der Waals surface area contributed by atoms with E-state index in [2.05, 4.69) is 4.37 Å². The van der Waals surface area contributed by atoms with Crippen LogP contribution in [0.3, 0.4) is 0 Å². The molecule has 2 heterocycles. The highest BCUT2D eigenvalue weighted by Gasteiger charge is 2.33. The van der Waals surface area contributed by atoms with Gasteiger partial charge in [-0.2, -0.15) is 4.37 Å². The Kier molecular flexibility index (Phi) is 3.65. The molecule has 5 nitrogen and oxygen atoms in total. The van der Waals surface area contributed by atoms with Gasteiger partial charge in [0.25, 0.3) is 5.91 Å². The summed E-state index contributed by atoms with van der Waals surface area (Å²) in [6.45, 7) is 4.06. The average molecular weight is 268 g/mol. The fourth-order valence-corrected chi connectivity index (χ4v) is 2.93. The number of hydrogen-bond acceptors (Lipinski definition) is 4. The number of likely N-dealkylation sites (tertiary alicyclic amines) is 1. The summed E-state index contributed by atoms with van der Waals surface area (Å²) in [6.07, 6.45) is 1.38. The van der Waals surface area contributed by atoms with Gasteiger partial charge in [-0.3, -0.25) is 9.59 Å². The number of carboxylic acids is 1. The second-order valence-corrected chi connectivity index (χ2v) is 5.36. The Bertz CT molecular complexity index is 472. The Morgan fingerprint density at radius 2 is 2.22 bits per heavy atom. The van der Waals surface area contributed by atoms with Crippen molar-refractivity contribution >= 4 is 23.4 Å². The molecule has 0 aliphatic carbocycles. The third-order valence-electron chi connectivity index (χ3n) is 3.47. The largest absolute Gasteiger partial charge is 0.481 e. The van der Waals surface area contributed by atoms with E-state index in [0.29, 0.717) is 18.5 Å². The summed E-state index contributed by atoms with van der Waals surface area (Å²) >= 11 is 1.25. The lowest BCUT2D eigenvalue weighted by Crippen LogP contribution is -2.47. The van der Waals surface area contributed by atoms with E-state index in [1.807, 2.05) is 6.92 Å². The number of nitrogens with zero attached hydrogens (tertiary/aromatic N) is 2. The van der Waals surface area contributed by atoms with Crippen molar-refractivity contribution in [2.24, 2.45) is 5.92 Å². The quantitative estimate of drug-likeness (QED) is 0.887. The molecule has 1 amide bonds. The van der Waals surface area contributed by atoms with Crippen LogP contribution in [0.15, 0.2) is 5.38 Å². The second kappa shape index (κ2) is 5.06. The summed E-state index contributed by atoms with van der Waals surface area (Å²) in [5.74, 6) is -1.36. The summed E-state index contributed by atoms with van der Waals surface area (Å²) in [4.78, 5) is 25.1. The monoisotopic (exact) mass is 268 g/mol. The number of aliphatic carboxylic acids is 1. The molecule has 0 saturated carbocycles. The molecular formula is C12H16N2O3S. The van der Waals surface area contributed by atoms with Gasteiger partial charge in [0.05, 0.1) is 17.2 Å². The van der Waals surface area contributed by atoms with Crippen LogP contribution >= 0.6 is 11.5 Å². The number of carbonyl (C=O) groups excluding carboxylic acids is 1. The van der Waals surface area contributed by atoms with Crippen LogP contribution < -0.4 is 0 Å². The van der Waals surface area contributed by atoms with Crippen molar-refractivity contribution in [3.8, 4) is 0 Å². The molecule has 1 fully saturated rings. The van der Waals surface area contributed by atoms with Crippen molar-refractivity contribution < 1.29 is 14.7 Å². The molecule has 18 heavy (non-hydrogen) atoms. The predicted molar refractivity (Wildman–Crippen MR) is 67.7 cm³/mol. The maximum Gasteiger partial charge on any atom is 0.308 e. The maximum absolute atomic E-state index is 12.4. The minimum Gasteiger partial charge on any atom is -0.481 e. The van der Waals surface area contributed by atoms with E-state index in [1.54, 1.807) is 17.2 Å². The summed E-state index contributed by atoms with van der Waals surface area (Å²) in [7, 11) is 0. The minimum absolute atomic E-state index is 0.0902. The first-order valence-electron chi connectivity index (χ1n) is 5.95. The van der Waals surface area contributed by atoms with Crippen LogP contribution in [-0.2, 0) is 4.79 Å². The van der Waals surface area contributed by atoms with E-state index in [-0.39, 0.29) is 11.9 Å². The number of rotatable bonds is 2. The van der Waals surface area contributed by atoms with Crippen LogP contribution in [0.4, 0.5) is 0 Å². The summed E-state index contributed by atoms with van der Waals surface area (Å²) in [5.41, 5.74) is 1.31. The number of aromatic nitrogens is 1. The van der Waals surface area contributed by atoms with Gasteiger partial charge in [-0.1, -0.05) is 0 Å². The first-order valence-corrected chi connectivity index (χ1v) is 6.79. The van der Waals surface area contributed by atoms with Crippen molar-refractivity contribution in [2.75, 3.05) is 6.54 Å². The maximum atomic E-state index is 12.4. The van der Waals surface area contributed by atoms with Gasteiger partial charge in [0.1, 0.15) is 0 Å². The van der Waals surface area contributed by atoms with Crippen LogP contribution in [0.25, 0.3) is 0 Å². The van der Waals surface area contributed by atoms with Crippen LogP contribution in [0.1, 0.15) is 35.8 Å². The molecular weight excluding hydrogens is 252 g/mol. The van der Waals surface area contributed by atoms with E-state index in [4.69, 9.17) is 5.11 Å². The highest BCUT2D eigenvalue weighted by molar-refractivity contribution is 7.03. The van der Waals surface area contributed by atoms with Gasteiger partial charge in [-0.25, -0.2) is 0 Å². The topological polar surface area (TPSA) is 70.5 Å². The first kappa shape index (κ1) is 13.0. The number of carboxylic acid groups (broad SMARTS) is 1. The first-order chi connectivity index (χ1) is 8.50. The van der Waals surface area contributed by atoms with E-state index >= 15 is 0 Å². The number of carbonyl (C=O) groups is 2. The van der Waals surface area contributed by atoms with Crippen molar-refractivity contribution in [1.29, 1.82) is 0 Å². The van der Waals surface area contributed by atoms with Gasteiger partial charge in [0, 0.05) is 18.0 Å². The third-order valence-corrected chi connectivity index (χ3v) is 4.19. The Morgan fingerprint density at radius 1 is 1.50 bits per heavy atom. The van der Waals surface area contributed by atoms with Gasteiger partial charge in [-0.05, 0) is 38.2 Å². The van der Waals surface area contributed by atoms with Crippen LogP contribution in [0, 0.1) is 12.8 Å². The fourth-order valence-electron chi connectivity index (χ4n) is 2.24. The molecule has 98 valence electrons. The van der Waals surface area contributed by atoms with Crippen molar-refractivity contribution in [3.63, 3.8) is 0 Å². The van der Waals surface area contributed by atoms with Crippen molar-refractivity contribution in [2.45, 2.75) is 32.7 Å². The fraction of sp³-hybridized carbons (Fsp3) is 0.583. The van der Waals surface area contributed by atoms with Crippen molar-refractivity contribution in [3.05, 3.63) is 16.6 Å². The lowest BCUT2D eigenvalue weighted by molar-refractivity contribution is -0.143. The third kappa shape index (κ3) is 2.38. The van der Waals surface area contributed by atoms with E-state index in [0.717, 1.165) is 12.1 Å². The normalized spacial score (nSPS) is 24.0. The molecule has 1 saturated heterocycles. The number of piperidine rings is 1. The second-order valence-electron chi connectivity index (χ2n) is 4.73. The van der Waals surface area contributed by atoms with E-state index in [9.17, 15) is 9.59 Å². The summed E-state index contributed by atoms with van der Waals surface area (Å²) < 4.78 is 4.09. The minimum atomic E-state index is -0.820. The highest BCUT2D eigenvalue weighted by atomic mass is 32.1. The smallest absolute Gasteiger partial charge is 0.308 e. The molecule has 1 aromatic heterocycles. The molecule has 1 aliphatic rings. The van der Waals surface area contributed by atoms with Gasteiger partial charge in [0.2, 0.25) is 0 Å². The zero-order chi connectivity index (χ0) is 13.3. The number of amides is 1. The highest BCUT2D eigenvalue weighted by Crippen LogP contribution is 2.25. The molecule has 0 spiro atoms. The zero-order valence-electron chi connectivity index (χ0n) is 10.4. The molecule has 2 atom stereocenters. The van der Waals surface area contributed by atoms with Crippen LogP contribution in [0.5, 0.6) is 0 Å². The molecule has 2 unspecified atom stereocenters. The molecule has 6 heteroatoms. The molecule has 2 rings (SSSR count). The summed E-state index contributed by atoms with van der Waals surface area (Å²) in [5, 5.41) is 10.8. The van der Waals surface area contributed by atoms with Crippen LogP contribution in [0.2, 0.25) is 0 Å². The number of aryl methyl sites for hydroxylation is 1. The Hall–Kier alpha value is -1.43. The Morgan fingerprint density at radius 3 is 2.78 bits per heavy atom. The standard InChI is InChI=1S/C12H16N2O3S/c1-7-3-4-9(12(16)17)5-14(7)11(15)10-6-18-13-8(10)2/h6-7,9H,3-5H2,1-2H3,(H,16,17). The molecule has 1 aromatic rings. The predicted octanol–water partition coefficient (Wildman–Crippen LogP) is 1.78. The van der Waals surface area contributed by atoms with Gasteiger partial charge < -0.3 is 10.0 Å².